The number of benzene rings is 2. The molecule has 36 heavy (non-hydrogen) atoms. The summed E-state index contributed by atoms with van der Waals surface area (Å²) in [5, 5.41) is 0. The van der Waals surface area contributed by atoms with Gasteiger partial charge in [0.15, 0.2) is 0 Å². The number of hydrogen-bond donors (Lipinski definition) is 0. The fourth-order valence-electron chi connectivity index (χ4n) is 3.75. The van der Waals surface area contributed by atoms with Gasteiger partial charge in [-0.25, -0.2) is 4.99 Å². The summed E-state index contributed by atoms with van der Waals surface area (Å²) in [6, 6.07) is 16.9. The van der Waals surface area contributed by atoms with Gasteiger partial charge in [0, 0.05) is 22.9 Å². The number of unbranched alkanes of at least 4 members (excludes halogenated alkanes) is 2. The van der Waals surface area contributed by atoms with Gasteiger partial charge in [0.05, 0.1) is 17.1 Å². The minimum Gasteiger partial charge on any atom is -0.250 e. The molecule has 194 valence electrons. The van der Waals surface area contributed by atoms with Crippen LogP contribution in [0.1, 0.15) is 83.8 Å². The second-order valence-electron chi connectivity index (χ2n) is 8.65. The minimum atomic E-state index is 0. The molecular formula is C33H42N2Ni. The third-order valence-corrected chi connectivity index (χ3v) is 5.73. The van der Waals surface area contributed by atoms with Gasteiger partial charge in [-0.05, 0) is 88.0 Å². The van der Waals surface area contributed by atoms with Gasteiger partial charge in [0.2, 0.25) is 0 Å². The first-order valence-electron chi connectivity index (χ1n) is 13.3. The van der Waals surface area contributed by atoms with Crippen molar-refractivity contribution in [1.82, 2.24) is 0 Å². The monoisotopic (exact) mass is 524 g/mol. The van der Waals surface area contributed by atoms with E-state index in [1.807, 2.05) is 0 Å². The van der Waals surface area contributed by atoms with Gasteiger partial charge in [-0.2, -0.15) is 0 Å². The minimum absolute atomic E-state index is 0. The second kappa shape index (κ2) is 19.5. The standard InChI is InChI=1S/C33H42N2.Ni/c1-5-9-13-20-28-22-16-18-25-30(28)34-32(24-12-8-4)33(27-15-11-7-3)35-31-26-19-17-23-29(31)21-14-10-6-2;/h5-6,9-10,16-19,22-23,25-26H,7-8,11-14,20-21,24H2,1-4H3;. The molecule has 2 rings (SSSR count). The normalized spacial score (nSPS) is 12.0. The molecule has 0 saturated heterocycles. The molecule has 0 amide bonds. The predicted octanol–water partition coefficient (Wildman–Crippen LogP) is 9.54. The van der Waals surface area contributed by atoms with E-state index in [1.54, 1.807) is 0 Å². The number of rotatable bonds is 13. The quantitative estimate of drug-likeness (QED) is 0.108. The van der Waals surface area contributed by atoms with Gasteiger partial charge < -0.3 is 0 Å². The van der Waals surface area contributed by atoms with Gasteiger partial charge >= 0.3 is 0 Å². The van der Waals surface area contributed by atoms with Crippen LogP contribution in [0.15, 0.2) is 82.8 Å². The first kappa shape index (κ1) is 31.3. The van der Waals surface area contributed by atoms with Gasteiger partial charge in [-0.15, -0.1) is 0 Å². The molecule has 0 radical (unpaired) electrons. The van der Waals surface area contributed by atoms with Crippen molar-refractivity contribution < 1.29 is 16.5 Å². The number of aryl methyl sites for hydroxylation is 2. The van der Waals surface area contributed by atoms with Crippen LogP contribution in [0.4, 0.5) is 11.4 Å². The molecule has 0 aliphatic heterocycles. The average molecular weight is 525 g/mol. The first-order chi connectivity index (χ1) is 17.2. The van der Waals surface area contributed by atoms with E-state index >= 15 is 0 Å². The molecule has 3 heteroatoms. The SMILES string of the molecule is CC=CCCc1ccccc1N=C(C#CCCC)C(CCCC)=Nc1ccccc1CCC=CC.[Ni]. The van der Waals surface area contributed by atoms with E-state index in [2.05, 4.69) is 112 Å². The largest absolute Gasteiger partial charge is 0.250 e. The van der Waals surface area contributed by atoms with Crippen molar-refractivity contribution in [2.24, 2.45) is 9.98 Å². The summed E-state index contributed by atoms with van der Waals surface area (Å²) in [5.41, 5.74) is 6.37. The zero-order chi connectivity index (χ0) is 25.1. The molecule has 0 unspecified atom stereocenters. The van der Waals surface area contributed by atoms with Gasteiger partial charge in [-0.1, -0.05) is 86.9 Å². The van der Waals surface area contributed by atoms with Gasteiger partial charge in [-0.3, -0.25) is 4.99 Å². The Labute approximate surface area is 230 Å². The van der Waals surface area contributed by atoms with Crippen LogP contribution >= 0.6 is 0 Å². The van der Waals surface area contributed by atoms with Crippen molar-refractivity contribution in [3.05, 3.63) is 84.0 Å². The van der Waals surface area contributed by atoms with Crippen LogP contribution in [-0.2, 0) is 29.3 Å². The molecule has 2 nitrogen and oxygen atoms in total. The van der Waals surface area contributed by atoms with Crippen LogP contribution in [-0.4, -0.2) is 11.4 Å². The Kier molecular flexibility index (Phi) is 17.0. The molecule has 0 saturated carbocycles. The number of nitrogens with zero attached hydrogens (tertiary/aromatic N) is 2. The van der Waals surface area contributed by atoms with E-state index in [9.17, 15) is 0 Å². The van der Waals surface area contributed by atoms with Crippen LogP contribution < -0.4 is 0 Å². The fourth-order valence-corrected chi connectivity index (χ4v) is 3.75. The molecule has 2 aromatic rings. The Morgan fingerprint density at radius 3 is 1.86 bits per heavy atom. The fraction of sp³-hybridized carbons (Fsp3) is 0.394. The Morgan fingerprint density at radius 2 is 1.33 bits per heavy atom. The van der Waals surface area contributed by atoms with Crippen LogP contribution in [0.25, 0.3) is 0 Å². The van der Waals surface area contributed by atoms with E-state index < -0.39 is 0 Å². The Hall–Kier alpha value is -2.69. The van der Waals surface area contributed by atoms with Crippen LogP contribution in [0, 0.1) is 11.8 Å². The summed E-state index contributed by atoms with van der Waals surface area (Å²) in [6.07, 6.45) is 17.6. The smallest absolute Gasteiger partial charge is 0.135 e. The molecule has 0 heterocycles. The molecule has 0 aliphatic carbocycles. The molecule has 0 spiro atoms. The Balaban J connectivity index is 0.00000648. The third-order valence-electron chi connectivity index (χ3n) is 5.73. The van der Waals surface area contributed by atoms with Crippen LogP contribution in [0.2, 0.25) is 0 Å². The Morgan fingerprint density at radius 1 is 0.778 bits per heavy atom. The van der Waals surface area contributed by atoms with Gasteiger partial charge in [0.1, 0.15) is 5.71 Å². The van der Waals surface area contributed by atoms with Crippen molar-refractivity contribution in [3.63, 3.8) is 0 Å². The average Bonchev–Trinajstić information content (AvgIpc) is 2.88. The number of hydrogen-bond acceptors (Lipinski definition) is 2. The maximum Gasteiger partial charge on any atom is 0.135 e. The molecular weight excluding hydrogens is 483 g/mol. The number of aliphatic imine (C=N–C) groups is 2. The van der Waals surface area contributed by atoms with E-state index in [0.717, 1.165) is 80.6 Å². The van der Waals surface area contributed by atoms with E-state index in [0.29, 0.717) is 0 Å². The summed E-state index contributed by atoms with van der Waals surface area (Å²) in [5.74, 6) is 6.75. The first-order valence-corrected chi connectivity index (χ1v) is 13.3. The van der Waals surface area contributed by atoms with Crippen molar-refractivity contribution in [2.75, 3.05) is 0 Å². The molecule has 0 N–H and O–H groups in total. The summed E-state index contributed by atoms with van der Waals surface area (Å²) < 4.78 is 0. The maximum atomic E-state index is 5.20. The summed E-state index contributed by atoms with van der Waals surface area (Å²) in [7, 11) is 0. The predicted molar refractivity (Wildman–Crippen MR) is 156 cm³/mol. The van der Waals surface area contributed by atoms with Crippen molar-refractivity contribution >= 4 is 22.8 Å². The zero-order valence-electron chi connectivity index (χ0n) is 22.5. The Bertz CT molecular complexity index is 1080. The van der Waals surface area contributed by atoms with Crippen LogP contribution in [0.5, 0.6) is 0 Å². The van der Waals surface area contributed by atoms with E-state index in [1.165, 1.54) is 11.1 Å². The molecule has 0 aliphatic rings. The van der Waals surface area contributed by atoms with Crippen LogP contribution in [0.3, 0.4) is 0 Å². The maximum absolute atomic E-state index is 5.20. The molecule has 2 aromatic carbocycles. The molecule has 0 aromatic heterocycles. The van der Waals surface area contributed by atoms with Crippen molar-refractivity contribution in [2.45, 2.75) is 85.5 Å². The zero-order valence-corrected chi connectivity index (χ0v) is 23.5. The topological polar surface area (TPSA) is 24.7 Å². The molecule has 0 bridgehead atoms. The summed E-state index contributed by atoms with van der Waals surface area (Å²) >= 11 is 0. The number of allylic oxidation sites excluding steroid dienone is 4. The van der Waals surface area contributed by atoms with E-state index in [-0.39, 0.29) is 16.5 Å². The number of para-hydroxylation sites is 2. The van der Waals surface area contributed by atoms with E-state index in [4.69, 9.17) is 9.98 Å². The summed E-state index contributed by atoms with van der Waals surface area (Å²) in [4.78, 5) is 10.3. The summed E-state index contributed by atoms with van der Waals surface area (Å²) in [6.45, 7) is 8.52. The third kappa shape index (κ3) is 11.4. The molecule has 0 fully saturated rings. The van der Waals surface area contributed by atoms with Gasteiger partial charge in [0.25, 0.3) is 0 Å². The molecule has 0 atom stereocenters. The second-order valence-corrected chi connectivity index (χ2v) is 8.65. The van der Waals surface area contributed by atoms with Crippen molar-refractivity contribution in [1.29, 1.82) is 0 Å². The van der Waals surface area contributed by atoms with Crippen molar-refractivity contribution in [3.8, 4) is 11.8 Å².